The number of ether oxygens (including phenoxy) is 1. The summed E-state index contributed by atoms with van der Waals surface area (Å²) < 4.78 is 4.99. The molecule has 0 saturated carbocycles. The molecule has 2 rings (SSSR count). The summed E-state index contributed by atoms with van der Waals surface area (Å²) in [7, 11) is 0. The zero-order valence-electron chi connectivity index (χ0n) is 13.8. The number of nitrogens with one attached hydrogen (secondary N) is 1. The Kier molecular flexibility index (Phi) is 5.98. The van der Waals surface area contributed by atoms with E-state index in [-0.39, 0.29) is 29.9 Å². The normalized spacial score (nSPS) is 11.8. The Labute approximate surface area is 149 Å². The van der Waals surface area contributed by atoms with E-state index in [0.717, 1.165) is 0 Å². The maximum atomic E-state index is 12.4. The molecule has 0 bridgehead atoms. The molecule has 0 fully saturated rings. The lowest BCUT2D eigenvalue weighted by Gasteiger charge is -2.13. The highest BCUT2D eigenvalue weighted by Crippen LogP contribution is 2.28. The number of carboxylic acid groups (broad SMARTS) is 1. The van der Waals surface area contributed by atoms with E-state index in [0.29, 0.717) is 16.3 Å². The van der Waals surface area contributed by atoms with E-state index >= 15 is 0 Å². The molecule has 25 heavy (non-hydrogen) atoms. The zero-order valence-corrected chi connectivity index (χ0v) is 14.6. The number of aromatic nitrogens is 1. The fraction of sp³-hybridized carbons (Fsp3) is 0.278. The van der Waals surface area contributed by atoms with E-state index in [9.17, 15) is 19.5 Å². The number of aliphatic carboxylic acids is 1. The molecule has 1 aromatic carbocycles. The molecular formula is C18H18ClNO5. The number of halogens is 1. The van der Waals surface area contributed by atoms with Gasteiger partial charge in [-0.15, -0.1) is 0 Å². The van der Waals surface area contributed by atoms with Gasteiger partial charge in [-0.25, -0.2) is 4.79 Å². The van der Waals surface area contributed by atoms with Crippen LogP contribution in [0, 0.1) is 6.92 Å². The van der Waals surface area contributed by atoms with Crippen molar-refractivity contribution in [1.29, 1.82) is 0 Å². The van der Waals surface area contributed by atoms with Gasteiger partial charge in [0, 0.05) is 28.9 Å². The average molecular weight is 364 g/mol. The second kappa shape index (κ2) is 7.98. The van der Waals surface area contributed by atoms with Crippen molar-refractivity contribution in [1.82, 2.24) is 4.98 Å². The van der Waals surface area contributed by atoms with E-state index < -0.39 is 17.9 Å². The van der Waals surface area contributed by atoms with Gasteiger partial charge in [-0.05, 0) is 43.7 Å². The molecule has 2 aromatic rings. The molecule has 0 aliphatic carbocycles. The lowest BCUT2D eigenvalue weighted by molar-refractivity contribution is -0.138. The van der Waals surface area contributed by atoms with Crippen LogP contribution in [0.4, 0.5) is 0 Å². The van der Waals surface area contributed by atoms with Crippen LogP contribution < -0.4 is 0 Å². The van der Waals surface area contributed by atoms with Crippen LogP contribution in [0.1, 0.15) is 51.2 Å². The van der Waals surface area contributed by atoms with Crippen LogP contribution in [0.3, 0.4) is 0 Å². The second-order valence-electron chi connectivity index (χ2n) is 5.49. The summed E-state index contributed by atoms with van der Waals surface area (Å²) >= 11 is 5.80. The second-order valence-corrected chi connectivity index (χ2v) is 5.93. The molecule has 1 aromatic heterocycles. The number of benzene rings is 1. The fourth-order valence-electron chi connectivity index (χ4n) is 2.57. The minimum atomic E-state index is -1.19. The third kappa shape index (κ3) is 4.28. The number of hydrogen-bond acceptors (Lipinski definition) is 4. The molecule has 6 nitrogen and oxygen atoms in total. The van der Waals surface area contributed by atoms with Crippen LogP contribution in [0.2, 0.25) is 5.02 Å². The lowest BCUT2D eigenvalue weighted by Crippen LogP contribution is -2.19. The van der Waals surface area contributed by atoms with E-state index in [1.807, 2.05) is 0 Å². The van der Waals surface area contributed by atoms with Crippen molar-refractivity contribution < 1.29 is 24.2 Å². The number of rotatable bonds is 7. The summed E-state index contributed by atoms with van der Waals surface area (Å²) in [6.45, 7) is 3.48. The summed E-state index contributed by atoms with van der Waals surface area (Å²) in [6.07, 6.45) is 1.16. The van der Waals surface area contributed by atoms with Gasteiger partial charge in [0.2, 0.25) is 0 Å². The van der Waals surface area contributed by atoms with Gasteiger partial charge in [-0.1, -0.05) is 11.6 Å². The monoisotopic (exact) mass is 363 g/mol. The predicted octanol–water partition coefficient (Wildman–Crippen LogP) is 3.59. The average Bonchev–Trinajstić information content (AvgIpc) is 2.94. The number of esters is 1. The van der Waals surface area contributed by atoms with Crippen LogP contribution in [-0.4, -0.2) is 34.4 Å². The van der Waals surface area contributed by atoms with Gasteiger partial charge >= 0.3 is 11.9 Å². The number of H-pyrrole nitrogens is 1. The number of aromatic amines is 1. The predicted molar refractivity (Wildman–Crippen MR) is 92.3 cm³/mol. The highest BCUT2D eigenvalue weighted by molar-refractivity contribution is 6.30. The maximum Gasteiger partial charge on any atom is 0.340 e. The van der Waals surface area contributed by atoms with Crippen LogP contribution in [0.15, 0.2) is 30.5 Å². The minimum Gasteiger partial charge on any atom is -0.481 e. The molecule has 0 aliphatic heterocycles. The molecule has 0 spiro atoms. The Morgan fingerprint density at radius 1 is 1.24 bits per heavy atom. The molecule has 1 heterocycles. The summed E-state index contributed by atoms with van der Waals surface area (Å²) in [5.74, 6) is -3.31. The zero-order chi connectivity index (χ0) is 18.6. The molecule has 1 atom stereocenters. The van der Waals surface area contributed by atoms with Gasteiger partial charge in [0.05, 0.1) is 18.1 Å². The fourth-order valence-corrected chi connectivity index (χ4v) is 2.69. The lowest BCUT2D eigenvalue weighted by atomic mass is 9.90. The quantitative estimate of drug-likeness (QED) is 0.578. The number of carboxylic acids is 1. The van der Waals surface area contributed by atoms with Crippen molar-refractivity contribution >= 4 is 29.3 Å². The van der Waals surface area contributed by atoms with Crippen molar-refractivity contribution in [2.24, 2.45) is 0 Å². The van der Waals surface area contributed by atoms with Gasteiger partial charge in [-0.2, -0.15) is 0 Å². The number of ketones is 1. The molecule has 0 radical (unpaired) electrons. The number of aryl methyl sites for hydroxylation is 1. The van der Waals surface area contributed by atoms with Crippen molar-refractivity contribution in [2.45, 2.75) is 26.2 Å². The first kappa shape index (κ1) is 18.7. The Morgan fingerprint density at radius 2 is 1.88 bits per heavy atom. The Morgan fingerprint density at radius 3 is 2.44 bits per heavy atom. The summed E-state index contributed by atoms with van der Waals surface area (Å²) in [6, 6.07) is 6.21. The van der Waals surface area contributed by atoms with Gasteiger partial charge < -0.3 is 14.8 Å². The smallest absolute Gasteiger partial charge is 0.340 e. The van der Waals surface area contributed by atoms with Crippen molar-refractivity contribution in [3.8, 4) is 0 Å². The van der Waals surface area contributed by atoms with Crippen molar-refractivity contribution in [3.05, 3.63) is 57.9 Å². The topological polar surface area (TPSA) is 96.5 Å². The Hall–Kier alpha value is -2.60. The third-order valence-electron chi connectivity index (χ3n) is 3.82. The maximum absolute atomic E-state index is 12.4. The first-order valence-corrected chi connectivity index (χ1v) is 8.09. The summed E-state index contributed by atoms with van der Waals surface area (Å²) in [5.41, 5.74) is 1.27. The van der Waals surface area contributed by atoms with E-state index in [1.54, 1.807) is 26.0 Å². The Balaban J connectivity index is 2.33. The summed E-state index contributed by atoms with van der Waals surface area (Å²) in [4.78, 5) is 39.1. The number of carbonyl (C=O) groups excluding carboxylic acids is 2. The van der Waals surface area contributed by atoms with Crippen LogP contribution in [-0.2, 0) is 9.53 Å². The molecule has 0 amide bonds. The molecule has 2 N–H and O–H groups in total. The van der Waals surface area contributed by atoms with Gasteiger partial charge in [-0.3, -0.25) is 9.59 Å². The van der Waals surface area contributed by atoms with Crippen LogP contribution in [0.5, 0.6) is 0 Å². The van der Waals surface area contributed by atoms with E-state index in [4.69, 9.17) is 16.3 Å². The van der Waals surface area contributed by atoms with E-state index in [2.05, 4.69) is 4.98 Å². The van der Waals surface area contributed by atoms with Crippen LogP contribution >= 0.6 is 11.6 Å². The molecule has 0 unspecified atom stereocenters. The minimum absolute atomic E-state index is 0.165. The highest BCUT2D eigenvalue weighted by atomic mass is 35.5. The van der Waals surface area contributed by atoms with Gasteiger partial charge in [0.25, 0.3) is 0 Å². The van der Waals surface area contributed by atoms with Gasteiger partial charge in [0.1, 0.15) is 0 Å². The van der Waals surface area contributed by atoms with Gasteiger partial charge in [0.15, 0.2) is 5.78 Å². The third-order valence-corrected chi connectivity index (χ3v) is 4.07. The molecule has 0 aliphatic rings. The molecule has 0 saturated heterocycles. The van der Waals surface area contributed by atoms with Crippen LogP contribution in [0.25, 0.3) is 0 Å². The number of Topliss-reactive ketones (excluding diaryl/α,β-unsaturated/α-hetero) is 1. The molecule has 7 heteroatoms. The standard InChI is InChI=1S/C18H18ClNO5/c1-3-25-18(24)16-10(2)20-9-14(16)13(17(22)23)8-15(21)11-4-6-12(19)7-5-11/h4-7,9,13,20H,3,8H2,1-2H3,(H,22,23)/t13-/m1/s1. The number of carbonyl (C=O) groups is 3. The Bertz CT molecular complexity index is 794. The van der Waals surface area contributed by atoms with Crippen molar-refractivity contribution in [2.75, 3.05) is 6.61 Å². The molecular weight excluding hydrogens is 346 g/mol. The number of hydrogen-bond donors (Lipinski definition) is 2. The highest BCUT2D eigenvalue weighted by Gasteiger charge is 2.30. The first-order valence-electron chi connectivity index (χ1n) is 7.71. The SMILES string of the molecule is CCOC(=O)c1c([C@@H](CC(=O)c2ccc(Cl)cc2)C(=O)O)c[nH]c1C. The largest absolute Gasteiger partial charge is 0.481 e. The molecule has 132 valence electrons. The van der Waals surface area contributed by atoms with E-state index in [1.165, 1.54) is 18.3 Å². The summed E-state index contributed by atoms with van der Waals surface area (Å²) in [5, 5.41) is 10.1. The van der Waals surface area contributed by atoms with Crippen molar-refractivity contribution in [3.63, 3.8) is 0 Å². The first-order chi connectivity index (χ1) is 11.8.